The highest BCUT2D eigenvalue weighted by Crippen LogP contribution is 2.39. The first-order chi connectivity index (χ1) is 12.6. The van der Waals surface area contributed by atoms with Gasteiger partial charge in [-0.25, -0.2) is 4.79 Å². The number of rotatable bonds is 6. The van der Waals surface area contributed by atoms with Crippen LogP contribution in [-0.4, -0.2) is 44.8 Å². The normalized spacial score (nSPS) is 16.6. The fraction of sp³-hybridized carbons (Fsp3) is 0.450. The largest absolute Gasteiger partial charge is 0.493 e. The number of hydrogen-bond acceptors (Lipinski definition) is 4. The van der Waals surface area contributed by atoms with Gasteiger partial charge < -0.3 is 24.1 Å². The summed E-state index contributed by atoms with van der Waals surface area (Å²) in [5, 5.41) is 2.98. The summed E-state index contributed by atoms with van der Waals surface area (Å²) in [6, 6.07) is 9.75. The Kier molecular flexibility index (Phi) is 5.71. The monoisotopic (exact) mass is 358 g/mol. The highest BCUT2D eigenvalue weighted by Gasteiger charge is 2.29. The molecule has 0 bridgehead atoms. The van der Waals surface area contributed by atoms with Crippen molar-refractivity contribution in [2.75, 3.05) is 33.9 Å². The van der Waals surface area contributed by atoms with Gasteiger partial charge in [0.1, 0.15) is 11.5 Å². The lowest BCUT2D eigenvalue weighted by atomic mass is 9.97. The highest BCUT2D eigenvalue weighted by molar-refractivity contribution is 5.74. The molecule has 0 radical (unpaired) electrons. The van der Waals surface area contributed by atoms with Crippen molar-refractivity contribution in [3.05, 3.63) is 47.4 Å². The van der Waals surface area contributed by atoms with Gasteiger partial charge in [-0.15, -0.1) is 0 Å². The maximum Gasteiger partial charge on any atom is 0.317 e. The molecule has 6 nitrogen and oxygen atoms in total. The maximum atomic E-state index is 12.4. The van der Waals surface area contributed by atoms with Gasteiger partial charge in [-0.1, -0.05) is 12.1 Å². The molecule has 2 amide bonds. The van der Waals surface area contributed by atoms with Gasteiger partial charge in [0.25, 0.3) is 0 Å². The third kappa shape index (κ3) is 3.95. The van der Waals surface area contributed by atoms with Gasteiger partial charge in [0.05, 0.1) is 14.2 Å². The predicted molar refractivity (Wildman–Crippen MR) is 99.0 cm³/mol. The number of urea groups is 1. The Morgan fingerprint density at radius 1 is 1.27 bits per heavy atom. The highest BCUT2D eigenvalue weighted by atomic mass is 16.5. The molecule has 1 N–H and O–H groups in total. The minimum Gasteiger partial charge on any atom is -0.493 e. The minimum absolute atomic E-state index is 0.0300. The molecule has 1 fully saturated rings. The number of aryl methyl sites for hydroxylation is 1. The summed E-state index contributed by atoms with van der Waals surface area (Å²) in [6.07, 6.45) is 1.61. The second-order valence-corrected chi connectivity index (χ2v) is 6.51. The van der Waals surface area contributed by atoms with Gasteiger partial charge in [-0.2, -0.15) is 0 Å². The molecule has 1 saturated heterocycles. The summed E-state index contributed by atoms with van der Waals surface area (Å²) < 4.78 is 16.4. The van der Waals surface area contributed by atoms with Crippen molar-refractivity contribution in [1.29, 1.82) is 0 Å². The molecule has 1 aliphatic heterocycles. The lowest BCUT2D eigenvalue weighted by Gasteiger charge is -2.19. The van der Waals surface area contributed by atoms with E-state index in [1.165, 1.54) is 0 Å². The van der Waals surface area contributed by atoms with Crippen LogP contribution in [0.3, 0.4) is 0 Å². The van der Waals surface area contributed by atoms with Crippen molar-refractivity contribution in [3.63, 3.8) is 0 Å². The Bertz CT molecular complexity index is 756. The molecule has 2 aromatic rings. The van der Waals surface area contributed by atoms with Crippen LogP contribution in [0.5, 0.6) is 11.5 Å². The summed E-state index contributed by atoms with van der Waals surface area (Å²) in [5.41, 5.74) is 1.09. The van der Waals surface area contributed by atoms with Crippen molar-refractivity contribution < 1.29 is 18.7 Å². The van der Waals surface area contributed by atoms with Crippen LogP contribution in [0, 0.1) is 6.92 Å². The number of methoxy groups -OCH3 is 2. The van der Waals surface area contributed by atoms with Gasteiger partial charge in [0.15, 0.2) is 11.5 Å². The molecule has 0 saturated carbocycles. The average Bonchev–Trinajstić information content (AvgIpc) is 3.30. The van der Waals surface area contributed by atoms with E-state index in [0.717, 1.165) is 41.5 Å². The van der Waals surface area contributed by atoms with E-state index in [-0.39, 0.29) is 11.9 Å². The summed E-state index contributed by atoms with van der Waals surface area (Å²) in [6.45, 7) is 3.89. The topological polar surface area (TPSA) is 63.9 Å². The van der Waals surface area contributed by atoms with Crippen LogP contribution >= 0.6 is 0 Å². The molecule has 1 atom stereocenters. The molecule has 26 heavy (non-hydrogen) atoms. The van der Waals surface area contributed by atoms with Crippen molar-refractivity contribution in [2.45, 2.75) is 25.7 Å². The summed E-state index contributed by atoms with van der Waals surface area (Å²) in [4.78, 5) is 14.3. The lowest BCUT2D eigenvalue weighted by Crippen LogP contribution is -2.39. The number of carbonyl (C=O) groups is 1. The molecular weight excluding hydrogens is 332 g/mol. The van der Waals surface area contributed by atoms with Crippen LogP contribution in [0.25, 0.3) is 0 Å². The van der Waals surface area contributed by atoms with Crippen LogP contribution in [0.15, 0.2) is 34.7 Å². The number of carbonyl (C=O) groups excluding carboxylic acids is 1. The number of nitrogens with zero attached hydrogens (tertiary/aromatic N) is 1. The number of ether oxygens (including phenoxy) is 2. The zero-order valence-corrected chi connectivity index (χ0v) is 15.6. The fourth-order valence-corrected chi connectivity index (χ4v) is 3.46. The number of hydrogen-bond donors (Lipinski definition) is 1. The van der Waals surface area contributed by atoms with Crippen LogP contribution in [0.2, 0.25) is 0 Å². The first-order valence-electron chi connectivity index (χ1n) is 8.91. The Labute approximate surface area is 154 Å². The number of benzene rings is 1. The molecule has 0 aliphatic carbocycles. The average molecular weight is 358 g/mol. The molecule has 0 unspecified atom stereocenters. The predicted octanol–water partition coefficient (Wildman–Crippen LogP) is 3.35. The van der Waals surface area contributed by atoms with Crippen LogP contribution in [0.1, 0.15) is 29.4 Å². The van der Waals surface area contributed by atoms with Gasteiger partial charge in [0, 0.05) is 37.5 Å². The van der Waals surface area contributed by atoms with Crippen molar-refractivity contribution in [1.82, 2.24) is 10.2 Å². The quantitative estimate of drug-likeness (QED) is 0.860. The molecule has 6 heteroatoms. The van der Waals surface area contributed by atoms with Crippen LogP contribution in [0.4, 0.5) is 4.79 Å². The van der Waals surface area contributed by atoms with E-state index in [4.69, 9.17) is 13.9 Å². The Hall–Kier alpha value is -2.63. The SMILES string of the molecule is COc1cccc([C@@H]2CCN(C(=O)NCCc3ccc(C)o3)C2)c1OC. The molecular formula is C20H26N2O4. The van der Waals surface area contributed by atoms with Crippen molar-refractivity contribution >= 4 is 6.03 Å². The molecule has 1 aromatic heterocycles. The number of furan rings is 1. The van der Waals surface area contributed by atoms with Crippen LogP contribution < -0.4 is 14.8 Å². The molecule has 2 heterocycles. The zero-order valence-electron chi connectivity index (χ0n) is 15.6. The molecule has 1 aliphatic rings. The number of amides is 2. The van der Waals surface area contributed by atoms with E-state index in [2.05, 4.69) is 5.32 Å². The minimum atomic E-state index is -0.0300. The molecule has 3 rings (SSSR count). The second-order valence-electron chi connectivity index (χ2n) is 6.51. The zero-order chi connectivity index (χ0) is 18.5. The fourth-order valence-electron chi connectivity index (χ4n) is 3.46. The summed E-state index contributed by atoms with van der Waals surface area (Å²) in [5.74, 6) is 3.51. The maximum absolute atomic E-state index is 12.4. The smallest absolute Gasteiger partial charge is 0.317 e. The molecule has 140 valence electrons. The molecule has 1 aromatic carbocycles. The Morgan fingerprint density at radius 3 is 2.81 bits per heavy atom. The first kappa shape index (κ1) is 18.2. The molecule has 0 spiro atoms. The first-order valence-corrected chi connectivity index (χ1v) is 8.91. The van der Waals surface area contributed by atoms with Crippen molar-refractivity contribution in [3.8, 4) is 11.5 Å². The van der Waals surface area contributed by atoms with E-state index >= 15 is 0 Å². The third-order valence-electron chi connectivity index (χ3n) is 4.79. The van der Waals surface area contributed by atoms with Gasteiger partial charge in [-0.3, -0.25) is 0 Å². The Morgan fingerprint density at radius 2 is 2.12 bits per heavy atom. The number of likely N-dealkylation sites (tertiary alicyclic amines) is 1. The van der Waals surface area contributed by atoms with Crippen molar-refractivity contribution in [2.24, 2.45) is 0 Å². The van der Waals surface area contributed by atoms with E-state index < -0.39 is 0 Å². The standard InChI is InChI=1S/C20H26N2O4/c1-14-7-8-16(26-14)9-11-21-20(23)22-12-10-15(13-22)17-5-4-6-18(24-2)19(17)25-3/h4-8,15H,9-13H2,1-3H3,(H,21,23)/t15-/m1/s1. The lowest BCUT2D eigenvalue weighted by molar-refractivity contribution is 0.208. The van der Waals surface area contributed by atoms with E-state index in [1.807, 2.05) is 42.2 Å². The van der Waals surface area contributed by atoms with E-state index in [9.17, 15) is 4.79 Å². The van der Waals surface area contributed by atoms with E-state index in [1.54, 1.807) is 14.2 Å². The number of para-hydroxylation sites is 1. The van der Waals surface area contributed by atoms with Crippen LogP contribution in [-0.2, 0) is 6.42 Å². The second kappa shape index (κ2) is 8.17. The Balaban J connectivity index is 1.55. The third-order valence-corrected chi connectivity index (χ3v) is 4.79. The number of nitrogens with one attached hydrogen (secondary N) is 1. The van der Waals surface area contributed by atoms with Gasteiger partial charge in [-0.05, 0) is 31.5 Å². The van der Waals surface area contributed by atoms with E-state index in [0.29, 0.717) is 19.5 Å². The van der Waals surface area contributed by atoms with Gasteiger partial charge >= 0.3 is 6.03 Å². The van der Waals surface area contributed by atoms with Gasteiger partial charge in [0.2, 0.25) is 0 Å². The summed E-state index contributed by atoms with van der Waals surface area (Å²) >= 11 is 0. The summed E-state index contributed by atoms with van der Waals surface area (Å²) in [7, 11) is 3.29.